The summed E-state index contributed by atoms with van der Waals surface area (Å²) < 4.78 is 82.2. The van der Waals surface area contributed by atoms with Crippen molar-refractivity contribution in [2.24, 2.45) is 5.92 Å². The molecule has 0 bridgehead atoms. The van der Waals surface area contributed by atoms with Gasteiger partial charge in [-0.05, 0) is 49.8 Å². The Labute approximate surface area is 175 Å². The summed E-state index contributed by atoms with van der Waals surface area (Å²) >= 11 is 0. The Morgan fingerprint density at radius 2 is 1.97 bits per heavy atom. The van der Waals surface area contributed by atoms with Gasteiger partial charge in [0.15, 0.2) is 5.82 Å². The Bertz CT molecular complexity index is 995. The fraction of sp³-hybridized carbons (Fsp3) is 0.611. The first-order chi connectivity index (χ1) is 14.4. The van der Waals surface area contributed by atoms with Gasteiger partial charge in [0.25, 0.3) is 5.91 Å². The van der Waals surface area contributed by atoms with Gasteiger partial charge in [0.2, 0.25) is 0 Å². The van der Waals surface area contributed by atoms with Crippen LogP contribution in [0.15, 0.2) is 6.07 Å². The number of rotatable bonds is 5. The van der Waals surface area contributed by atoms with Gasteiger partial charge >= 0.3 is 16.6 Å². The van der Waals surface area contributed by atoms with E-state index in [1.807, 2.05) is 4.90 Å². The third-order valence-corrected chi connectivity index (χ3v) is 7.29. The number of halogens is 4. The van der Waals surface area contributed by atoms with Crippen LogP contribution in [0.2, 0.25) is 0 Å². The Hall–Kier alpha value is -2.12. The molecule has 1 aliphatic carbocycles. The van der Waals surface area contributed by atoms with E-state index >= 15 is 4.39 Å². The van der Waals surface area contributed by atoms with Crippen LogP contribution in [0.1, 0.15) is 30.4 Å². The number of hydrogen-bond donors (Lipinski definition) is 2. The molecule has 2 fully saturated rings. The second-order valence-electron chi connectivity index (χ2n) is 8.07. The number of hydrogen-bond acceptors (Lipinski definition) is 6. The number of nitrogens with zero attached hydrogens (tertiary/aromatic N) is 2. The van der Waals surface area contributed by atoms with E-state index < -0.39 is 52.4 Å². The number of phenolic OH excluding ortho intramolecular Hbond substituents is 1. The molecule has 0 unspecified atom stereocenters. The van der Waals surface area contributed by atoms with Crippen LogP contribution in [-0.2, 0) is 32.7 Å². The maximum atomic E-state index is 15.2. The van der Waals surface area contributed by atoms with Crippen LogP contribution in [0.25, 0.3) is 0 Å². The number of alkyl halides is 3. The number of nitrogens with one attached hydrogen (secondary N) is 1. The molecule has 31 heavy (non-hydrogen) atoms. The van der Waals surface area contributed by atoms with E-state index in [4.69, 9.17) is 0 Å². The first-order valence-electron chi connectivity index (χ1n) is 9.76. The van der Waals surface area contributed by atoms with Crippen molar-refractivity contribution in [1.29, 1.82) is 0 Å². The molecule has 0 spiro atoms. The number of carbonyl (C=O) groups is 1. The van der Waals surface area contributed by atoms with Crippen molar-refractivity contribution < 1.29 is 40.6 Å². The van der Waals surface area contributed by atoms with Gasteiger partial charge in [0.05, 0.1) is 6.10 Å². The monoisotopic (exact) mass is 467 g/mol. The molecular weight excluding hydrogens is 446 g/mol. The van der Waals surface area contributed by atoms with Gasteiger partial charge in [0, 0.05) is 18.7 Å². The summed E-state index contributed by atoms with van der Waals surface area (Å²) in [5.41, 5.74) is 0.221. The van der Waals surface area contributed by atoms with Crippen LogP contribution in [0.3, 0.4) is 0 Å². The molecule has 0 aromatic heterocycles. The van der Waals surface area contributed by atoms with Gasteiger partial charge in [-0.25, -0.2) is 13.4 Å². The van der Waals surface area contributed by atoms with Gasteiger partial charge in [-0.3, -0.25) is 14.4 Å². The van der Waals surface area contributed by atoms with Crippen LogP contribution < -0.4 is 9.03 Å². The average molecular weight is 467 g/mol. The van der Waals surface area contributed by atoms with E-state index in [2.05, 4.69) is 4.74 Å². The van der Waals surface area contributed by atoms with E-state index in [-0.39, 0.29) is 18.0 Å². The fourth-order valence-electron chi connectivity index (χ4n) is 4.33. The van der Waals surface area contributed by atoms with Crippen molar-refractivity contribution in [3.63, 3.8) is 0 Å². The summed E-state index contributed by atoms with van der Waals surface area (Å²) in [5, 5.41) is 10.2. The lowest BCUT2D eigenvalue weighted by Crippen LogP contribution is -2.39. The highest BCUT2D eigenvalue weighted by molar-refractivity contribution is 7.92. The second kappa shape index (κ2) is 7.78. The van der Waals surface area contributed by atoms with Crippen molar-refractivity contribution >= 4 is 21.8 Å². The highest BCUT2D eigenvalue weighted by atomic mass is 32.2. The molecule has 1 aromatic carbocycles. The number of benzene rings is 1. The van der Waals surface area contributed by atoms with E-state index in [1.165, 1.54) is 6.07 Å². The summed E-state index contributed by atoms with van der Waals surface area (Å²) in [7, 11) is -4.28. The van der Waals surface area contributed by atoms with E-state index in [0.717, 1.165) is 0 Å². The van der Waals surface area contributed by atoms with E-state index in [1.54, 1.807) is 4.72 Å². The van der Waals surface area contributed by atoms with Crippen LogP contribution in [-0.4, -0.2) is 56.4 Å². The molecule has 1 saturated heterocycles. The average Bonchev–Trinajstić information content (AvgIpc) is 2.88. The van der Waals surface area contributed by atoms with Crippen molar-refractivity contribution in [2.75, 3.05) is 23.9 Å². The molecule has 2 aliphatic heterocycles. The number of anilines is 1. The minimum absolute atomic E-state index is 0.0980. The number of amides is 1. The van der Waals surface area contributed by atoms with Crippen LogP contribution in [0.4, 0.5) is 23.2 Å². The first-order valence-corrected chi connectivity index (χ1v) is 11.2. The molecule has 1 saturated carbocycles. The zero-order valence-electron chi connectivity index (χ0n) is 16.3. The Balaban J connectivity index is 1.42. The first kappa shape index (κ1) is 22.1. The molecule has 4 rings (SSSR count). The zero-order valence-corrected chi connectivity index (χ0v) is 17.1. The van der Waals surface area contributed by atoms with Gasteiger partial charge < -0.3 is 5.11 Å². The molecule has 8 nitrogen and oxygen atoms in total. The summed E-state index contributed by atoms with van der Waals surface area (Å²) in [6.45, 7) is 0.653. The van der Waals surface area contributed by atoms with Crippen LogP contribution >= 0.6 is 0 Å². The standard InChI is InChI=1S/C18H21F4N3O5S/c19-16-13-8-24(3-1-10-5-12(6-10)30-18(20,21)22)4-2-11(13)7-14(26)17(16)25-9-15(27)23-31(25,28)29/h7,10,12,26H,1-6,8-9H2,(H,23,27)/t10-,12+. The summed E-state index contributed by atoms with van der Waals surface area (Å²) in [5.74, 6) is -2.19. The molecule has 2 heterocycles. The van der Waals surface area contributed by atoms with Gasteiger partial charge in [-0.2, -0.15) is 8.42 Å². The second-order valence-corrected chi connectivity index (χ2v) is 9.67. The number of phenols is 1. The maximum absolute atomic E-state index is 15.2. The molecule has 0 radical (unpaired) electrons. The molecule has 172 valence electrons. The lowest BCUT2D eigenvalue weighted by atomic mass is 9.80. The van der Waals surface area contributed by atoms with Crippen LogP contribution in [0, 0.1) is 11.7 Å². The summed E-state index contributed by atoms with van der Waals surface area (Å²) in [6.07, 6.45) is -3.73. The Morgan fingerprint density at radius 1 is 1.26 bits per heavy atom. The topological polar surface area (TPSA) is 99.2 Å². The van der Waals surface area contributed by atoms with Crippen molar-refractivity contribution in [1.82, 2.24) is 9.62 Å². The number of aromatic hydroxyl groups is 1. The smallest absolute Gasteiger partial charge is 0.506 e. The van der Waals surface area contributed by atoms with Crippen molar-refractivity contribution in [3.05, 3.63) is 23.0 Å². The Morgan fingerprint density at radius 3 is 2.58 bits per heavy atom. The minimum Gasteiger partial charge on any atom is -0.506 e. The molecule has 0 atom stereocenters. The van der Waals surface area contributed by atoms with Gasteiger partial charge in [-0.1, -0.05) is 0 Å². The van der Waals surface area contributed by atoms with E-state index in [0.29, 0.717) is 48.6 Å². The fourth-order valence-corrected chi connectivity index (χ4v) is 5.49. The summed E-state index contributed by atoms with van der Waals surface area (Å²) in [6, 6.07) is 1.31. The molecule has 3 aliphatic rings. The molecule has 13 heteroatoms. The normalized spacial score (nSPS) is 25.8. The Kier molecular flexibility index (Phi) is 5.54. The molecule has 1 amide bonds. The lowest BCUT2D eigenvalue weighted by Gasteiger charge is -2.37. The van der Waals surface area contributed by atoms with Crippen molar-refractivity contribution in [3.8, 4) is 5.75 Å². The zero-order chi connectivity index (χ0) is 22.6. The third kappa shape index (κ3) is 4.58. The quantitative estimate of drug-likeness (QED) is 0.641. The highest BCUT2D eigenvalue weighted by Gasteiger charge is 2.41. The van der Waals surface area contributed by atoms with Crippen molar-refractivity contribution in [2.45, 2.75) is 44.7 Å². The van der Waals surface area contributed by atoms with Crippen LogP contribution in [0.5, 0.6) is 5.75 Å². The highest BCUT2D eigenvalue weighted by Crippen LogP contribution is 2.40. The summed E-state index contributed by atoms with van der Waals surface area (Å²) in [4.78, 5) is 13.4. The van der Waals surface area contributed by atoms with E-state index in [9.17, 15) is 31.5 Å². The van der Waals surface area contributed by atoms with Gasteiger partial charge in [-0.15, -0.1) is 13.2 Å². The largest absolute Gasteiger partial charge is 0.522 e. The number of carbonyl (C=O) groups excluding carboxylic acids is 1. The lowest BCUT2D eigenvalue weighted by molar-refractivity contribution is -0.354. The predicted molar refractivity (Wildman–Crippen MR) is 99.7 cm³/mol. The predicted octanol–water partition coefficient (Wildman–Crippen LogP) is 1.78. The molecular formula is C18H21F4N3O5S. The maximum Gasteiger partial charge on any atom is 0.522 e. The third-order valence-electron chi connectivity index (χ3n) is 5.91. The SMILES string of the molecule is O=C1CN(c2c(O)cc3c(c2F)CN(CC[C@H]2C[C@@H](OC(F)(F)F)C2)CC3)S(=O)(=O)N1. The minimum atomic E-state index is -4.63. The van der Waals surface area contributed by atoms with Gasteiger partial charge in [0.1, 0.15) is 18.0 Å². The number of ether oxygens (including phenoxy) is 1. The molecule has 2 N–H and O–H groups in total. The molecule has 1 aromatic rings. The number of fused-ring (bicyclic) bond motifs is 1.